The Balaban J connectivity index is 1.64. The average molecular weight is 442 g/mol. The van der Waals surface area contributed by atoms with E-state index in [2.05, 4.69) is 20.8 Å². The number of amides is 2. The summed E-state index contributed by atoms with van der Waals surface area (Å²) in [6.45, 7) is 1.53. The Labute approximate surface area is 183 Å². The van der Waals surface area contributed by atoms with Gasteiger partial charge in [-0.2, -0.15) is 0 Å². The van der Waals surface area contributed by atoms with Crippen LogP contribution in [0.5, 0.6) is 5.75 Å². The molecule has 0 spiro atoms. The van der Waals surface area contributed by atoms with Gasteiger partial charge in [0.05, 0.1) is 13.2 Å². The minimum Gasteiger partial charge on any atom is -0.497 e. The fraction of sp³-hybridized carbons (Fsp3) is 0.238. The van der Waals surface area contributed by atoms with Crippen LogP contribution in [0.2, 0.25) is 0 Å². The summed E-state index contributed by atoms with van der Waals surface area (Å²) >= 11 is 1.43. The molecule has 0 aliphatic heterocycles. The number of aromatic nitrogens is 2. The zero-order valence-corrected chi connectivity index (χ0v) is 18.1. The molecule has 162 valence electrons. The fourth-order valence-electron chi connectivity index (χ4n) is 2.59. The third kappa shape index (κ3) is 5.77. The Hall–Kier alpha value is -3.50. The number of methoxy groups -OCH3 is 1. The molecular formula is C21H23N5O4S. The van der Waals surface area contributed by atoms with Crippen molar-refractivity contribution in [3.05, 3.63) is 48.5 Å². The molecule has 9 nitrogen and oxygen atoms in total. The number of carbonyl (C=O) groups excluding carboxylic acids is 2. The van der Waals surface area contributed by atoms with Crippen LogP contribution in [0.15, 0.2) is 48.5 Å². The summed E-state index contributed by atoms with van der Waals surface area (Å²) in [7, 11) is 3.53. The van der Waals surface area contributed by atoms with Crippen molar-refractivity contribution >= 4 is 39.7 Å². The quantitative estimate of drug-likeness (QED) is 0.482. The number of ether oxygens (including phenoxy) is 1. The van der Waals surface area contributed by atoms with Gasteiger partial charge in [-0.25, -0.2) is 0 Å². The lowest BCUT2D eigenvalue weighted by Gasteiger charge is -2.15. The SMILES string of the molecule is COc1ccc(N(C)c2nnc(-c3ccc(NC(=O)C(=O)NC[C@H](C)O)cc3)s2)cc1. The second-order valence-corrected chi connectivity index (χ2v) is 7.69. The van der Waals surface area contributed by atoms with Gasteiger partial charge in [0, 0.05) is 30.5 Å². The van der Waals surface area contributed by atoms with Crippen LogP contribution in [0.1, 0.15) is 6.92 Å². The van der Waals surface area contributed by atoms with E-state index in [0.717, 1.165) is 27.1 Å². The highest BCUT2D eigenvalue weighted by atomic mass is 32.1. The van der Waals surface area contributed by atoms with Crippen molar-refractivity contribution in [2.45, 2.75) is 13.0 Å². The Morgan fingerprint density at radius 3 is 2.39 bits per heavy atom. The van der Waals surface area contributed by atoms with Crippen LogP contribution in [-0.2, 0) is 9.59 Å². The molecule has 0 aliphatic carbocycles. The number of nitrogens with one attached hydrogen (secondary N) is 2. The summed E-state index contributed by atoms with van der Waals surface area (Å²) in [4.78, 5) is 25.5. The molecule has 1 atom stereocenters. The highest BCUT2D eigenvalue weighted by molar-refractivity contribution is 7.18. The lowest BCUT2D eigenvalue weighted by atomic mass is 10.2. The minimum absolute atomic E-state index is 0.00947. The third-order valence-electron chi connectivity index (χ3n) is 4.31. The first-order valence-corrected chi connectivity index (χ1v) is 10.3. The van der Waals surface area contributed by atoms with Gasteiger partial charge in [0.1, 0.15) is 10.8 Å². The Morgan fingerprint density at radius 2 is 1.77 bits per heavy atom. The molecule has 3 rings (SSSR count). The van der Waals surface area contributed by atoms with E-state index in [1.807, 2.05) is 36.2 Å². The topological polar surface area (TPSA) is 117 Å². The van der Waals surface area contributed by atoms with Crippen molar-refractivity contribution in [2.75, 3.05) is 30.9 Å². The third-order valence-corrected chi connectivity index (χ3v) is 5.36. The maximum atomic E-state index is 11.9. The molecule has 1 heterocycles. The standard InChI is InChI=1S/C21H23N5O4S/c1-13(27)12-22-18(28)19(29)23-15-6-4-14(5-7-15)20-24-25-21(31-20)26(2)16-8-10-17(30-3)11-9-16/h4-11,13,27H,12H2,1-3H3,(H,22,28)(H,23,29)/t13-/m0/s1. The number of anilines is 3. The van der Waals surface area contributed by atoms with E-state index < -0.39 is 17.9 Å². The lowest BCUT2D eigenvalue weighted by molar-refractivity contribution is -0.136. The number of rotatable bonds is 7. The van der Waals surface area contributed by atoms with Gasteiger partial charge < -0.3 is 25.4 Å². The van der Waals surface area contributed by atoms with Gasteiger partial charge in [-0.1, -0.05) is 11.3 Å². The highest BCUT2D eigenvalue weighted by Gasteiger charge is 2.15. The number of aliphatic hydroxyl groups is 1. The molecule has 2 amide bonds. The summed E-state index contributed by atoms with van der Waals surface area (Å²) in [6.07, 6.45) is -0.725. The van der Waals surface area contributed by atoms with Crippen LogP contribution in [0.25, 0.3) is 10.6 Å². The smallest absolute Gasteiger partial charge is 0.313 e. The predicted octanol–water partition coefficient (Wildman–Crippen LogP) is 2.42. The molecular weight excluding hydrogens is 418 g/mol. The van der Waals surface area contributed by atoms with Gasteiger partial charge in [0.15, 0.2) is 0 Å². The van der Waals surface area contributed by atoms with Crippen molar-refractivity contribution < 1.29 is 19.4 Å². The van der Waals surface area contributed by atoms with Crippen molar-refractivity contribution in [2.24, 2.45) is 0 Å². The van der Waals surface area contributed by atoms with Gasteiger partial charge in [0.2, 0.25) is 5.13 Å². The molecule has 0 saturated carbocycles. The first-order chi connectivity index (χ1) is 14.9. The van der Waals surface area contributed by atoms with Gasteiger partial charge >= 0.3 is 11.8 Å². The van der Waals surface area contributed by atoms with Crippen molar-refractivity contribution in [1.82, 2.24) is 15.5 Å². The van der Waals surface area contributed by atoms with Crippen LogP contribution < -0.4 is 20.3 Å². The first kappa shape index (κ1) is 22.2. The summed E-state index contributed by atoms with van der Waals surface area (Å²) in [5.41, 5.74) is 2.26. The van der Waals surface area contributed by atoms with E-state index in [0.29, 0.717) is 5.69 Å². The molecule has 0 saturated heterocycles. The Bertz CT molecular complexity index is 1030. The Morgan fingerprint density at radius 1 is 1.10 bits per heavy atom. The molecule has 0 radical (unpaired) electrons. The van der Waals surface area contributed by atoms with Crippen molar-refractivity contribution in [3.8, 4) is 16.3 Å². The molecule has 3 N–H and O–H groups in total. The van der Waals surface area contributed by atoms with E-state index in [9.17, 15) is 9.59 Å². The van der Waals surface area contributed by atoms with Crippen LogP contribution in [0.4, 0.5) is 16.5 Å². The van der Waals surface area contributed by atoms with E-state index in [-0.39, 0.29) is 6.54 Å². The summed E-state index contributed by atoms with van der Waals surface area (Å²) in [5, 5.41) is 24.0. The molecule has 31 heavy (non-hydrogen) atoms. The number of aliphatic hydroxyl groups excluding tert-OH is 1. The normalized spacial score (nSPS) is 11.5. The summed E-state index contributed by atoms with van der Waals surface area (Å²) in [5.74, 6) is -0.823. The molecule has 0 aliphatic rings. The van der Waals surface area contributed by atoms with E-state index in [1.165, 1.54) is 18.3 Å². The van der Waals surface area contributed by atoms with Crippen LogP contribution in [0, 0.1) is 0 Å². The maximum absolute atomic E-state index is 11.9. The van der Waals surface area contributed by atoms with Crippen LogP contribution in [0.3, 0.4) is 0 Å². The van der Waals surface area contributed by atoms with Gasteiger partial charge in [-0.3, -0.25) is 9.59 Å². The Kier molecular flexibility index (Phi) is 7.16. The number of hydrogen-bond acceptors (Lipinski definition) is 8. The second-order valence-electron chi connectivity index (χ2n) is 6.74. The minimum atomic E-state index is -0.805. The summed E-state index contributed by atoms with van der Waals surface area (Å²) in [6, 6.07) is 14.6. The van der Waals surface area contributed by atoms with Crippen molar-refractivity contribution in [1.29, 1.82) is 0 Å². The molecule has 0 unspecified atom stereocenters. The molecule has 1 aromatic heterocycles. The zero-order chi connectivity index (χ0) is 22.4. The zero-order valence-electron chi connectivity index (χ0n) is 17.3. The number of carbonyl (C=O) groups is 2. The molecule has 0 bridgehead atoms. The molecule has 3 aromatic rings. The highest BCUT2D eigenvalue weighted by Crippen LogP contribution is 2.32. The van der Waals surface area contributed by atoms with Gasteiger partial charge in [-0.05, 0) is 55.5 Å². The maximum Gasteiger partial charge on any atom is 0.313 e. The molecule has 10 heteroatoms. The largest absolute Gasteiger partial charge is 0.497 e. The van der Waals surface area contributed by atoms with E-state index in [4.69, 9.17) is 9.84 Å². The number of benzene rings is 2. The van der Waals surface area contributed by atoms with E-state index in [1.54, 1.807) is 31.4 Å². The molecule has 2 aromatic carbocycles. The second kappa shape index (κ2) is 10.0. The average Bonchev–Trinajstić information content (AvgIpc) is 3.27. The molecule has 0 fully saturated rings. The monoisotopic (exact) mass is 441 g/mol. The number of hydrogen-bond donors (Lipinski definition) is 3. The predicted molar refractivity (Wildman–Crippen MR) is 120 cm³/mol. The first-order valence-electron chi connectivity index (χ1n) is 9.46. The van der Waals surface area contributed by atoms with Gasteiger partial charge in [0.25, 0.3) is 0 Å². The van der Waals surface area contributed by atoms with Gasteiger partial charge in [-0.15, -0.1) is 10.2 Å². The lowest BCUT2D eigenvalue weighted by Crippen LogP contribution is -2.38. The summed E-state index contributed by atoms with van der Waals surface area (Å²) < 4.78 is 5.18. The fourth-order valence-corrected chi connectivity index (χ4v) is 3.42. The van der Waals surface area contributed by atoms with Crippen molar-refractivity contribution in [3.63, 3.8) is 0 Å². The van der Waals surface area contributed by atoms with Crippen LogP contribution >= 0.6 is 11.3 Å². The van der Waals surface area contributed by atoms with Crippen LogP contribution in [-0.4, -0.2) is 53.9 Å². The van der Waals surface area contributed by atoms with E-state index >= 15 is 0 Å². The number of nitrogens with zero attached hydrogens (tertiary/aromatic N) is 3.